The van der Waals surface area contributed by atoms with Gasteiger partial charge in [0.15, 0.2) is 12.2 Å². The lowest BCUT2D eigenvalue weighted by molar-refractivity contribution is -0.161. The number of phosphoric ester groups is 2. The molecule has 0 aromatic rings. The van der Waals surface area contributed by atoms with Crippen molar-refractivity contribution >= 4 is 39.5 Å². The van der Waals surface area contributed by atoms with Crippen LogP contribution >= 0.6 is 15.6 Å². The molecule has 0 amide bonds. The van der Waals surface area contributed by atoms with Crippen molar-refractivity contribution in [3.8, 4) is 0 Å². The number of rotatable bonds is 51. The highest BCUT2D eigenvalue weighted by atomic mass is 31.2. The number of hydrogen-bond donors (Lipinski definition) is 3. The molecule has 2 unspecified atom stereocenters. The summed E-state index contributed by atoms with van der Waals surface area (Å²) in [6.45, 7) is 4.49. The Hall–Kier alpha value is -1.94. The second kappa shape index (κ2) is 45.9. The summed E-state index contributed by atoms with van der Waals surface area (Å²) in [6.07, 6.45) is 26.4. The van der Waals surface area contributed by atoms with E-state index in [9.17, 15) is 43.2 Å². The van der Waals surface area contributed by atoms with Gasteiger partial charge in [-0.15, -0.1) is 0 Å². The van der Waals surface area contributed by atoms with Crippen LogP contribution in [0.3, 0.4) is 0 Å². The van der Waals surface area contributed by atoms with Gasteiger partial charge < -0.3 is 33.8 Å². The fourth-order valence-corrected chi connectivity index (χ4v) is 8.74. The molecule has 0 bridgehead atoms. The number of carbonyl (C=O) groups is 4. The van der Waals surface area contributed by atoms with E-state index in [1.807, 2.05) is 6.92 Å². The van der Waals surface area contributed by atoms with E-state index < -0.39 is 97.5 Å². The van der Waals surface area contributed by atoms with Gasteiger partial charge in [0.2, 0.25) is 0 Å². The van der Waals surface area contributed by atoms with E-state index in [1.165, 1.54) is 77.0 Å². The quantitative estimate of drug-likeness (QED) is 0.0222. The van der Waals surface area contributed by atoms with Crippen LogP contribution in [-0.2, 0) is 65.4 Å². The molecule has 5 atom stereocenters. The number of esters is 4. The minimum atomic E-state index is -4.92. The zero-order valence-corrected chi connectivity index (χ0v) is 45.0. The van der Waals surface area contributed by atoms with Crippen LogP contribution < -0.4 is 0 Å². The van der Waals surface area contributed by atoms with Crippen molar-refractivity contribution in [1.82, 2.24) is 0 Å². The van der Waals surface area contributed by atoms with Crippen molar-refractivity contribution in [3.05, 3.63) is 0 Å². The van der Waals surface area contributed by atoms with Crippen molar-refractivity contribution in [2.75, 3.05) is 39.6 Å². The summed E-state index contributed by atoms with van der Waals surface area (Å²) in [5.74, 6) is -2.19. The van der Waals surface area contributed by atoms with E-state index in [1.54, 1.807) is 0 Å². The zero-order chi connectivity index (χ0) is 51.3. The predicted octanol–water partition coefficient (Wildman–Crippen LogP) is 12.5. The van der Waals surface area contributed by atoms with Gasteiger partial charge in [0.05, 0.1) is 26.4 Å². The zero-order valence-electron chi connectivity index (χ0n) is 43.3. The lowest BCUT2D eigenvalue weighted by atomic mass is 10.0. The third-order valence-electron chi connectivity index (χ3n) is 11.4. The van der Waals surface area contributed by atoms with Gasteiger partial charge in [0.1, 0.15) is 19.3 Å². The second-order valence-electron chi connectivity index (χ2n) is 18.2. The Morgan fingerprint density at radius 1 is 0.348 bits per heavy atom. The van der Waals surface area contributed by atoms with E-state index in [-0.39, 0.29) is 25.7 Å². The standard InChI is InChI=1S/C50H96O17P2/c1-5-9-13-16-18-20-21-22-24-25-28-31-35-48(53)61-41-46(67-50(55)37-33-29-26-23-19-17-14-10-6-2)43-65-69(58,59)63-39-44(51)38-62-68(56,57)64-42-45(40-60-47(52)34-30-12-8-4)66-49(54)36-32-27-15-11-7-3/h44-46,51H,5-43H2,1-4H3,(H,56,57)(H,58,59)/t44-,45+,46+/m0/s1. The molecule has 19 heteroatoms. The van der Waals surface area contributed by atoms with Gasteiger partial charge in [-0.05, 0) is 25.7 Å². The van der Waals surface area contributed by atoms with Gasteiger partial charge >= 0.3 is 39.5 Å². The van der Waals surface area contributed by atoms with Crippen molar-refractivity contribution in [1.29, 1.82) is 0 Å². The molecule has 0 rings (SSSR count). The molecule has 0 aromatic heterocycles. The Morgan fingerprint density at radius 2 is 0.580 bits per heavy atom. The average Bonchev–Trinajstić information content (AvgIpc) is 3.31. The summed E-state index contributed by atoms with van der Waals surface area (Å²) in [4.78, 5) is 70.7. The molecule has 0 fully saturated rings. The average molecular weight is 1030 g/mol. The third-order valence-corrected chi connectivity index (χ3v) is 13.3. The molecular formula is C50H96O17P2. The highest BCUT2D eigenvalue weighted by Gasteiger charge is 2.30. The monoisotopic (exact) mass is 1030 g/mol. The molecule has 0 saturated heterocycles. The molecule has 0 saturated carbocycles. The first-order chi connectivity index (χ1) is 33.2. The fraction of sp³-hybridized carbons (Fsp3) is 0.920. The summed E-state index contributed by atoms with van der Waals surface area (Å²) in [5.41, 5.74) is 0. The van der Waals surface area contributed by atoms with Gasteiger partial charge in [-0.2, -0.15) is 0 Å². The van der Waals surface area contributed by atoms with Crippen LogP contribution in [0, 0.1) is 0 Å². The number of hydrogen-bond acceptors (Lipinski definition) is 15. The second-order valence-corrected chi connectivity index (χ2v) is 21.1. The lowest BCUT2D eigenvalue weighted by Gasteiger charge is -2.21. The molecule has 0 radical (unpaired) electrons. The van der Waals surface area contributed by atoms with E-state index >= 15 is 0 Å². The fourth-order valence-electron chi connectivity index (χ4n) is 7.16. The number of aliphatic hydroxyl groups excluding tert-OH is 1. The van der Waals surface area contributed by atoms with Crippen LogP contribution in [0.25, 0.3) is 0 Å². The predicted molar refractivity (Wildman–Crippen MR) is 266 cm³/mol. The summed E-state index contributed by atoms with van der Waals surface area (Å²) in [6, 6.07) is 0. The van der Waals surface area contributed by atoms with Gasteiger partial charge in [-0.25, -0.2) is 9.13 Å². The number of carbonyl (C=O) groups excluding carboxylic acids is 4. The van der Waals surface area contributed by atoms with Crippen LogP contribution in [0.5, 0.6) is 0 Å². The smallest absolute Gasteiger partial charge is 0.462 e. The summed E-state index contributed by atoms with van der Waals surface area (Å²) in [5, 5.41) is 10.4. The van der Waals surface area contributed by atoms with E-state index in [0.717, 1.165) is 83.5 Å². The summed E-state index contributed by atoms with van der Waals surface area (Å²) >= 11 is 0. The van der Waals surface area contributed by atoms with E-state index in [4.69, 9.17) is 37.0 Å². The van der Waals surface area contributed by atoms with E-state index in [0.29, 0.717) is 25.7 Å². The largest absolute Gasteiger partial charge is 0.472 e. The molecule has 0 heterocycles. The highest BCUT2D eigenvalue weighted by Crippen LogP contribution is 2.45. The minimum Gasteiger partial charge on any atom is -0.462 e. The molecule has 408 valence electrons. The van der Waals surface area contributed by atoms with Crippen LogP contribution in [0.1, 0.15) is 240 Å². The molecule has 3 N–H and O–H groups in total. The first-order valence-electron chi connectivity index (χ1n) is 26.8. The molecule has 0 aliphatic carbocycles. The van der Waals surface area contributed by atoms with Crippen LogP contribution in [0.15, 0.2) is 0 Å². The third kappa shape index (κ3) is 45.7. The Labute approximate surface area is 416 Å². The Balaban J connectivity index is 5.09. The maximum absolute atomic E-state index is 12.8. The minimum absolute atomic E-state index is 0.0980. The van der Waals surface area contributed by atoms with Crippen molar-refractivity contribution < 1.29 is 80.2 Å². The summed E-state index contributed by atoms with van der Waals surface area (Å²) < 4.78 is 66.8. The molecule has 0 aliphatic heterocycles. The molecule has 17 nitrogen and oxygen atoms in total. The first-order valence-corrected chi connectivity index (χ1v) is 29.8. The Bertz CT molecular complexity index is 1370. The lowest BCUT2D eigenvalue weighted by Crippen LogP contribution is -2.30. The molecule has 0 aromatic carbocycles. The van der Waals surface area contributed by atoms with Crippen LogP contribution in [-0.4, -0.2) is 96.7 Å². The number of phosphoric acid groups is 2. The van der Waals surface area contributed by atoms with Gasteiger partial charge in [-0.1, -0.05) is 188 Å². The summed E-state index contributed by atoms with van der Waals surface area (Å²) in [7, 11) is -9.83. The highest BCUT2D eigenvalue weighted by molar-refractivity contribution is 7.47. The topological polar surface area (TPSA) is 237 Å². The molecule has 0 spiro atoms. The Morgan fingerprint density at radius 3 is 0.884 bits per heavy atom. The Kier molecular flexibility index (Phi) is 44.6. The van der Waals surface area contributed by atoms with Gasteiger partial charge in [-0.3, -0.25) is 37.3 Å². The molecular weight excluding hydrogens is 934 g/mol. The van der Waals surface area contributed by atoms with Crippen LogP contribution in [0.2, 0.25) is 0 Å². The van der Waals surface area contributed by atoms with Crippen LogP contribution in [0.4, 0.5) is 0 Å². The van der Waals surface area contributed by atoms with Gasteiger partial charge in [0.25, 0.3) is 0 Å². The number of ether oxygens (including phenoxy) is 4. The molecule has 69 heavy (non-hydrogen) atoms. The first kappa shape index (κ1) is 67.1. The number of aliphatic hydroxyl groups is 1. The maximum Gasteiger partial charge on any atom is 0.472 e. The van der Waals surface area contributed by atoms with E-state index in [2.05, 4.69) is 20.8 Å². The normalized spacial score (nSPS) is 14.6. The molecule has 0 aliphatic rings. The van der Waals surface area contributed by atoms with Gasteiger partial charge in [0, 0.05) is 25.7 Å². The maximum atomic E-state index is 12.8. The van der Waals surface area contributed by atoms with Crippen molar-refractivity contribution in [2.45, 2.75) is 258 Å². The SMILES string of the molecule is CCCCCCCCCCCCCCC(=O)OC[C@H](COP(=O)(O)OC[C@@H](O)COP(=O)(O)OC[C@@H](COC(=O)CCCCC)OC(=O)CCCCCCC)OC(=O)CCCCCCCCCCC. The van der Waals surface area contributed by atoms with Crippen molar-refractivity contribution in [3.63, 3.8) is 0 Å². The number of unbranched alkanes of at least 4 members (excludes halogenated alkanes) is 25. The van der Waals surface area contributed by atoms with Crippen molar-refractivity contribution in [2.24, 2.45) is 0 Å².